The number of sulfonamides is 1. The van der Waals surface area contributed by atoms with Crippen LogP contribution in [0.15, 0.2) is 65.6 Å². The molecule has 2 N–H and O–H groups in total. The predicted octanol–water partition coefficient (Wildman–Crippen LogP) is 5.39. The number of alkyl halides is 3. The molecule has 2 aromatic rings. The molecule has 2 aromatic carbocycles. The van der Waals surface area contributed by atoms with Crippen LogP contribution < -0.4 is 5.14 Å². The molecule has 4 rings (SSSR count). The van der Waals surface area contributed by atoms with Gasteiger partial charge in [-0.25, -0.2) is 13.6 Å². The maximum Gasteiger partial charge on any atom is 0.416 e. The van der Waals surface area contributed by atoms with Crippen molar-refractivity contribution >= 4 is 21.2 Å². The third-order valence-electron chi connectivity index (χ3n) is 5.80. The van der Waals surface area contributed by atoms with Crippen LogP contribution in [0.4, 0.5) is 13.2 Å². The standard InChI is InChI=1S/C22H20F3NO2S/c23-22(24,25)18-7-3-15(4-8-18)17-13-20(21(14-17)11-1-2-12-21)16-5-9-19(10-6-16)29(26,27)28/h3-10,13-14H,1-2,11-12H2,(H2,26,27,28). The van der Waals surface area contributed by atoms with Crippen molar-refractivity contribution in [2.24, 2.45) is 10.6 Å². The quantitative estimate of drug-likeness (QED) is 0.725. The molecular formula is C22H20F3NO2S. The van der Waals surface area contributed by atoms with Gasteiger partial charge >= 0.3 is 6.18 Å². The molecule has 0 aliphatic heterocycles. The molecule has 2 aliphatic carbocycles. The highest BCUT2D eigenvalue weighted by Crippen LogP contribution is 2.55. The first-order valence-electron chi connectivity index (χ1n) is 9.34. The smallest absolute Gasteiger partial charge is 0.225 e. The third-order valence-corrected chi connectivity index (χ3v) is 6.73. The minimum absolute atomic E-state index is 0.0521. The number of benzene rings is 2. The van der Waals surface area contributed by atoms with Gasteiger partial charge in [0.25, 0.3) is 0 Å². The Kier molecular flexibility index (Phi) is 4.70. The van der Waals surface area contributed by atoms with E-state index in [0.29, 0.717) is 0 Å². The number of nitrogens with two attached hydrogens (primary N) is 1. The van der Waals surface area contributed by atoms with E-state index in [4.69, 9.17) is 5.14 Å². The minimum atomic E-state index is -4.36. The highest BCUT2D eigenvalue weighted by Gasteiger charge is 2.40. The molecule has 152 valence electrons. The van der Waals surface area contributed by atoms with Crippen molar-refractivity contribution in [3.63, 3.8) is 0 Å². The molecule has 1 saturated carbocycles. The summed E-state index contributed by atoms with van der Waals surface area (Å²) in [5.41, 5.74) is 2.77. The van der Waals surface area contributed by atoms with Gasteiger partial charge in [0, 0.05) is 5.41 Å². The summed E-state index contributed by atoms with van der Waals surface area (Å²) in [4.78, 5) is 0.0521. The van der Waals surface area contributed by atoms with Gasteiger partial charge in [-0.15, -0.1) is 0 Å². The fourth-order valence-corrected chi connectivity index (χ4v) is 4.86. The fraction of sp³-hybridized carbons (Fsp3) is 0.273. The summed E-state index contributed by atoms with van der Waals surface area (Å²) in [5, 5.41) is 5.18. The lowest BCUT2D eigenvalue weighted by molar-refractivity contribution is -0.137. The molecule has 3 nitrogen and oxygen atoms in total. The zero-order chi connectivity index (χ0) is 20.9. The average Bonchev–Trinajstić information content (AvgIpc) is 3.28. The monoisotopic (exact) mass is 419 g/mol. The molecule has 0 amide bonds. The first-order chi connectivity index (χ1) is 13.6. The van der Waals surface area contributed by atoms with E-state index in [1.165, 1.54) is 24.3 Å². The van der Waals surface area contributed by atoms with Crippen molar-refractivity contribution in [3.8, 4) is 0 Å². The first-order valence-corrected chi connectivity index (χ1v) is 10.9. The van der Waals surface area contributed by atoms with E-state index >= 15 is 0 Å². The van der Waals surface area contributed by atoms with E-state index in [1.807, 2.05) is 6.08 Å². The van der Waals surface area contributed by atoms with Crippen LogP contribution in [0.2, 0.25) is 0 Å². The van der Waals surface area contributed by atoms with Gasteiger partial charge in [-0.1, -0.05) is 43.2 Å². The molecule has 0 radical (unpaired) electrons. The second-order valence-electron chi connectivity index (χ2n) is 7.67. The van der Waals surface area contributed by atoms with E-state index in [9.17, 15) is 21.6 Å². The Labute approximate surface area is 167 Å². The molecule has 1 spiro atoms. The Morgan fingerprint density at radius 2 is 1.41 bits per heavy atom. The SMILES string of the molecule is NS(=O)(=O)c1ccc(C2=CC(c3ccc(C(F)(F)F)cc3)=CC23CCCC3)cc1. The van der Waals surface area contributed by atoms with Crippen LogP contribution in [0.3, 0.4) is 0 Å². The van der Waals surface area contributed by atoms with Crippen LogP contribution in [-0.4, -0.2) is 8.42 Å². The molecule has 29 heavy (non-hydrogen) atoms. The third kappa shape index (κ3) is 3.76. The van der Waals surface area contributed by atoms with Gasteiger partial charge < -0.3 is 0 Å². The van der Waals surface area contributed by atoms with E-state index in [0.717, 1.165) is 60.1 Å². The van der Waals surface area contributed by atoms with Crippen molar-refractivity contribution in [1.82, 2.24) is 0 Å². The van der Waals surface area contributed by atoms with Crippen molar-refractivity contribution in [2.75, 3.05) is 0 Å². The van der Waals surface area contributed by atoms with Crippen molar-refractivity contribution in [1.29, 1.82) is 0 Å². The molecule has 0 unspecified atom stereocenters. The van der Waals surface area contributed by atoms with Gasteiger partial charge in [0.2, 0.25) is 10.0 Å². The Morgan fingerprint density at radius 1 is 0.862 bits per heavy atom. The molecule has 7 heteroatoms. The summed E-state index contributed by atoms with van der Waals surface area (Å²) >= 11 is 0. The van der Waals surface area contributed by atoms with Crippen molar-refractivity contribution in [2.45, 2.75) is 36.8 Å². The van der Waals surface area contributed by atoms with Gasteiger partial charge in [0.05, 0.1) is 10.5 Å². The lowest BCUT2D eigenvalue weighted by Gasteiger charge is -2.26. The topological polar surface area (TPSA) is 60.2 Å². The van der Waals surface area contributed by atoms with Crippen LogP contribution in [0.1, 0.15) is 42.4 Å². The number of primary sulfonamides is 1. The summed E-state index contributed by atoms with van der Waals surface area (Å²) < 4.78 is 61.6. The Hall–Kier alpha value is -2.38. The highest BCUT2D eigenvalue weighted by atomic mass is 32.2. The van der Waals surface area contributed by atoms with Crippen LogP contribution in [-0.2, 0) is 16.2 Å². The van der Waals surface area contributed by atoms with E-state index in [2.05, 4.69) is 6.08 Å². The van der Waals surface area contributed by atoms with Crippen LogP contribution >= 0.6 is 0 Å². The van der Waals surface area contributed by atoms with Crippen molar-refractivity contribution in [3.05, 3.63) is 77.4 Å². The van der Waals surface area contributed by atoms with Crippen LogP contribution in [0.25, 0.3) is 11.1 Å². The van der Waals surface area contributed by atoms with Gasteiger partial charge in [-0.05, 0) is 65.5 Å². The van der Waals surface area contributed by atoms with Gasteiger partial charge in [-0.2, -0.15) is 13.2 Å². The lowest BCUT2D eigenvalue weighted by Crippen LogP contribution is -2.14. The number of allylic oxidation sites excluding steroid dienone is 4. The average molecular weight is 419 g/mol. The second-order valence-corrected chi connectivity index (χ2v) is 9.23. The maximum atomic E-state index is 12.9. The second kappa shape index (κ2) is 6.85. The summed E-state index contributed by atoms with van der Waals surface area (Å²) in [5.74, 6) is 0. The summed E-state index contributed by atoms with van der Waals surface area (Å²) in [6, 6.07) is 11.7. The predicted molar refractivity (Wildman–Crippen MR) is 106 cm³/mol. The molecule has 0 heterocycles. The molecule has 0 bridgehead atoms. The van der Waals surface area contributed by atoms with Gasteiger partial charge in [-0.3, -0.25) is 0 Å². The largest absolute Gasteiger partial charge is 0.416 e. The molecule has 1 fully saturated rings. The Bertz CT molecular complexity index is 1090. The molecule has 2 aliphatic rings. The Balaban J connectivity index is 1.72. The van der Waals surface area contributed by atoms with E-state index in [1.54, 1.807) is 12.1 Å². The summed E-state index contributed by atoms with van der Waals surface area (Å²) in [7, 11) is -3.76. The van der Waals surface area contributed by atoms with Crippen LogP contribution in [0, 0.1) is 5.41 Å². The summed E-state index contributed by atoms with van der Waals surface area (Å²) in [6.07, 6.45) is 3.87. The van der Waals surface area contributed by atoms with Gasteiger partial charge in [0.1, 0.15) is 0 Å². The number of hydrogen-bond donors (Lipinski definition) is 1. The zero-order valence-corrected chi connectivity index (χ0v) is 16.4. The highest BCUT2D eigenvalue weighted by molar-refractivity contribution is 7.89. The minimum Gasteiger partial charge on any atom is -0.225 e. The molecule has 0 saturated heterocycles. The van der Waals surface area contributed by atoms with E-state index in [-0.39, 0.29) is 10.3 Å². The van der Waals surface area contributed by atoms with Crippen LogP contribution in [0.5, 0.6) is 0 Å². The zero-order valence-electron chi connectivity index (χ0n) is 15.5. The number of rotatable bonds is 3. The molecule has 0 atom stereocenters. The van der Waals surface area contributed by atoms with Gasteiger partial charge in [0.15, 0.2) is 0 Å². The van der Waals surface area contributed by atoms with E-state index < -0.39 is 21.8 Å². The number of hydrogen-bond acceptors (Lipinski definition) is 2. The Morgan fingerprint density at radius 3 is 1.93 bits per heavy atom. The lowest BCUT2D eigenvalue weighted by atomic mass is 9.78. The number of halogens is 3. The first kappa shape index (κ1) is 19.9. The van der Waals surface area contributed by atoms with Crippen molar-refractivity contribution < 1.29 is 21.6 Å². The molecular weight excluding hydrogens is 399 g/mol. The fourth-order valence-electron chi connectivity index (χ4n) is 4.35. The molecule has 0 aromatic heterocycles. The summed E-state index contributed by atoms with van der Waals surface area (Å²) in [6.45, 7) is 0. The normalized spacial score (nSPS) is 18.8. The maximum absolute atomic E-state index is 12.9.